The van der Waals surface area contributed by atoms with Crippen molar-refractivity contribution < 1.29 is 19.0 Å². The second-order valence-corrected chi connectivity index (χ2v) is 6.18. The molecule has 1 saturated carbocycles. The van der Waals surface area contributed by atoms with Crippen molar-refractivity contribution in [2.45, 2.75) is 44.7 Å². The van der Waals surface area contributed by atoms with Gasteiger partial charge in [0.05, 0.1) is 6.04 Å². The van der Waals surface area contributed by atoms with Crippen molar-refractivity contribution in [2.24, 2.45) is 5.92 Å². The molecule has 0 heterocycles. The Morgan fingerprint density at radius 2 is 1.96 bits per heavy atom. The molecule has 1 aliphatic carbocycles. The second-order valence-electron chi connectivity index (χ2n) is 6.18. The molecule has 6 heteroatoms. The first-order chi connectivity index (χ1) is 11.1. The summed E-state index contributed by atoms with van der Waals surface area (Å²) in [6, 6.07) is 5.60. The standard InChI is InChI=1S/C17H25FN2O3/c1-12(11-23-16-8-4-14(18)5-9-16)19-17(22)20-15-6-2-13(10-21)3-7-15/h4-5,8-9,12-13,15,21H,2-3,6-7,10-11H2,1H3,(H2,19,20,22). The molecule has 0 aromatic heterocycles. The normalized spacial score (nSPS) is 22.2. The van der Waals surface area contributed by atoms with Gasteiger partial charge in [0.15, 0.2) is 0 Å². The minimum atomic E-state index is -0.307. The highest BCUT2D eigenvalue weighted by Crippen LogP contribution is 2.23. The van der Waals surface area contributed by atoms with Gasteiger partial charge >= 0.3 is 6.03 Å². The van der Waals surface area contributed by atoms with Crippen molar-refractivity contribution in [3.05, 3.63) is 30.1 Å². The molecule has 0 saturated heterocycles. The number of hydrogen-bond donors (Lipinski definition) is 3. The van der Waals surface area contributed by atoms with Crippen LogP contribution in [0.2, 0.25) is 0 Å². The summed E-state index contributed by atoms with van der Waals surface area (Å²) in [7, 11) is 0. The van der Waals surface area contributed by atoms with Crippen molar-refractivity contribution in [1.82, 2.24) is 10.6 Å². The van der Waals surface area contributed by atoms with E-state index in [0.717, 1.165) is 25.7 Å². The van der Waals surface area contributed by atoms with Crippen LogP contribution < -0.4 is 15.4 Å². The van der Waals surface area contributed by atoms with Gasteiger partial charge in [-0.25, -0.2) is 9.18 Å². The Morgan fingerprint density at radius 1 is 1.30 bits per heavy atom. The molecule has 1 aliphatic rings. The predicted molar refractivity (Wildman–Crippen MR) is 85.9 cm³/mol. The minimum Gasteiger partial charge on any atom is -0.491 e. The number of ether oxygens (including phenoxy) is 1. The van der Waals surface area contributed by atoms with E-state index in [1.165, 1.54) is 12.1 Å². The lowest BCUT2D eigenvalue weighted by Crippen LogP contribution is -2.48. The number of amides is 2. The van der Waals surface area contributed by atoms with E-state index in [9.17, 15) is 9.18 Å². The van der Waals surface area contributed by atoms with Gasteiger partial charge in [0.1, 0.15) is 18.2 Å². The maximum atomic E-state index is 12.8. The van der Waals surface area contributed by atoms with Gasteiger partial charge in [-0.1, -0.05) is 0 Å². The Kier molecular flexibility index (Phi) is 6.65. The molecule has 1 atom stereocenters. The summed E-state index contributed by atoms with van der Waals surface area (Å²) in [6.07, 6.45) is 3.70. The van der Waals surface area contributed by atoms with Crippen molar-refractivity contribution in [3.63, 3.8) is 0 Å². The fourth-order valence-electron chi connectivity index (χ4n) is 2.73. The molecule has 1 aromatic carbocycles. The van der Waals surface area contributed by atoms with E-state index in [1.54, 1.807) is 12.1 Å². The van der Waals surface area contributed by atoms with Crippen LogP contribution in [0.1, 0.15) is 32.6 Å². The number of carbonyl (C=O) groups is 1. The number of aliphatic hydroxyl groups excluding tert-OH is 1. The number of nitrogens with one attached hydrogen (secondary N) is 2. The minimum absolute atomic E-state index is 0.158. The van der Waals surface area contributed by atoms with E-state index < -0.39 is 0 Å². The van der Waals surface area contributed by atoms with E-state index in [-0.39, 0.29) is 30.5 Å². The molecule has 0 bridgehead atoms. The van der Waals surface area contributed by atoms with Crippen LogP contribution in [0.3, 0.4) is 0 Å². The predicted octanol–water partition coefficient (Wildman–Crippen LogP) is 2.44. The molecule has 0 radical (unpaired) electrons. The SMILES string of the molecule is CC(COc1ccc(F)cc1)NC(=O)NC1CCC(CO)CC1. The lowest BCUT2D eigenvalue weighted by Gasteiger charge is -2.28. The van der Waals surface area contributed by atoms with Gasteiger partial charge in [-0.15, -0.1) is 0 Å². The zero-order valence-corrected chi connectivity index (χ0v) is 13.4. The topological polar surface area (TPSA) is 70.6 Å². The lowest BCUT2D eigenvalue weighted by atomic mass is 9.87. The van der Waals surface area contributed by atoms with E-state index in [2.05, 4.69) is 10.6 Å². The Labute approximate surface area is 136 Å². The Balaban J connectivity index is 1.65. The van der Waals surface area contributed by atoms with Crippen LogP contribution in [-0.2, 0) is 0 Å². The third-order valence-corrected chi connectivity index (χ3v) is 4.13. The number of carbonyl (C=O) groups excluding carboxylic acids is 1. The number of hydrogen-bond acceptors (Lipinski definition) is 3. The largest absolute Gasteiger partial charge is 0.491 e. The lowest BCUT2D eigenvalue weighted by molar-refractivity contribution is 0.173. The van der Waals surface area contributed by atoms with Gasteiger partial charge in [-0.05, 0) is 62.8 Å². The highest BCUT2D eigenvalue weighted by Gasteiger charge is 2.22. The van der Waals surface area contributed by atoms with Crippen LogP contribution in [0, 0.1) is 11.7 Å². The van der Waals surface area contributed by atoms with Gasteiger partial charge in [0, 0.05) is 12.6 Å². The average Bonchev–Trinajstić information content (AvgIpc) is 2.55. The zero-order valence-electron chi connectivity index (χ0n) is 13.4. The summed E-state index contributed by atoms with van der Waals surface area (Å²) >= 11 is 0. The van der Waals surface area contributed by atoms with Crippen LogP contribution in [0.15, 0.2) is 24.3 Å². The summed E-state index contributed by atoms with van der Waals surface area (Å²) < 4.78 is 18.3. The number of urea groups is 1. The molecule has 128 valence electrons. The second kappa shape index (κ2) is 8.72. The summed E-state index contributed by atoms with van der Waals surface area (Å²) in [5.41, 5.74) is 0. The Morgan fingerprint density at radius 3 is 2.57 bits per heavy atom. The highest BCUT2D eigenvalue weighted by molar-refractivity contribution is 5.74. The van der Waals surface area contributed by atoms with Crippen LogP contribution in [-0.4, -0.2) is 36.4 Å². The molecule has 23 heavy (non-hydrogen) atoms. The summed E-state index contributed by atoms with van der Waals surface area (Å²) in [4.78, 5) is 12.0. The zero-order chi connectivity index (χ0) is 16.7. The van der Waals surface area contributed by atoms with Crippen LogP contribution >= 0.6 is 0 Å². The summed E-state index contributed by atoms with van der Waals surface area (Å²) in [6.45, 7) is 2.40. The molecule has 1 fully saturated rings. The molecular weight excluding hydrogens is 299 g/mol. The number of benzene rings is 1. The van der Waals surface area contributed by atoms with Crippen LogP contribution in [0.5, 0.6) is 5.75 Å². The average molecular weight is 324 g/mol. The van der Waals surface area contributed by atoms with Crippen LogP contribution in [0.25, 0.3) is 0 Å². The summed E-state index contributed by atoms with van der Waals surface area (Å²) in [5.74, 6) is 0.640. The molecule has 5 nitrogen and oxygen atoms in total. The smallest absolute Gasteiger partial charge is 0.315 e. The number of halogens is 1. The Hall–Kier alpha value is -1.82. The van der Waals surface area contributed by atoms with Gasteiger partial charge in [0.25, 0.3) is 0 Å². The van der Waals surface area contributed by atoms with Gasteiger partial charge in [-0.2, -0.15) is 0 Å². The van der Waals surface area contributed by atoms with E-state index >= 15 is 0 Å². The Bertz CT molecular complexity index is 487. The van der Waals surface area contributed by atoms with Crippen molar-refractivity contribution in [3.8, 4) is 5.75 Å². The molecule has 1 unspecified atom stereocenters. The first kappa shape index (κ1) is 17.5. The van der Waals surface area contributed by atoms with Gasteiger partial charge in [-0.3, -0.25) is 0 Å². The quantitative estimate of drug-likeness (QED) is 0.753. The number of aliphatic hydroxyl groups is 1. The van der Waals surface area contributed by atoms with Crippen molar-refractivity contribution in [2.75, 3.05) is 13.2 Å². The van der Waals surface area contributed by atoms with E-state index in [0.29, 0.717) is 18.3 Å². The third-order valence-electron chi connectivity index (χ3n) is 4.13. The van der Waals surface area contributed by atoms with Crippen LogP contribution in [0.4, 0.5) is 9.18 Å². The maximum absolute atomic E-state index is 12.8. The monoisotopic (exact) mass is 324 g/mol. The molecule has 3 N–H and O–H groups in total. The molecule has 0 aliphatic heterocycles. The fourth-order valence-corrected chi connectivity index (χ4v) is 2.73. The first-order valence-corrected chi connectivity index (χ1v) is 8.13. The maximum Gasteiger partial charge on any atom is 0.315 e. The fraction of sp³-hybridized carbons (Fsp3) is 0.588. The molecule has 2 rings (SSSR count). The molecule has 0 spiro atoms. The first-order valence-electron chi connectivity index (χ1n) is 8.13. The molecule has 1 aromatic rings. The molecular formula is C17H25FN2O3. The van der Waals surface area contributed by atoms with E-state index in [1.807, 2.05) is 6.92 Å². The van der Waals surface area contributed by atoms with Gasteiger partial charge in [0.2, 0.25) is 0 Å². The third kappa shape index (κ3) is 6.06. The van der Waals surface area contributed by atoms with Crippen molar-refractivity contribution >= 4 is 6.03 Å². The van der Waals surface area contributed by atoms with Gasteiger partial charge < -0.3 is 20.5 Å². The summed E-state index contributed by atoms with van der Waals surface area (Å²) in [5, 5.41) is 14.9. The van der Waals surface area contributed by atoms with Crippen molar-refractivity contribution in [1.29, 1.82) is 0 Å². The van der Waals surface area contributed by atoms with E-state index in [4.69, 9.17) is 9.84 Å². The molecule has 2 amide bonds. The highest BCUT2D eigenvalue weighted by atomic mass is 19.1. The number of rotatable bonds is 6.